The van der Waals surface area contributed by atoms with E-state index in [0.717, 1.165) is 24.8 Å². The summed E-state index contributed by atoms with van der Waals surface area (Å²) in [5, 5.41) is 34.7. The number of esters is 2. The van der Waals surface area contributed by atoms with Crippen LogP contribution >= 0.6 is 0 Å². The topological polar surface area (TPSA) is 113 Å². The Kier molecular flexibility index (Phi) is 5.08. The van der Waals surface area contributed by atoms with Gasteiger partial charge in [0.1, 0.15) is 12.7 Å². The SMILES string of the molecule is CC(=O)O[C@@H]1CC[C@]2(CO)[C@@H]3CC[C@]4(C)[C@H](C5=CC(=O)OC5)CC[C@]4(O)[C@H]3CC[C@@]2(O)C1. The number of fused-ring (bicyclic) bond motifs is 5. The highest BCUT2D eigenvalue weighted by Gasteiger charge is 2.71. The molecule has 178 valence electrons. The molecule has 7 heteroatoms. The third-order valence-electron chi connectivity index (χ3n) is 10.4. The van der Waals surface area contributed by atoms with Crippen LogP contribution < -0.4 is 0 Å². The van der Waals surface area contributed by atoms with Gasteiger partial charge in [0.25, 0.3) is 0 Å². The molecule has 4 aliphatic carbocycles. The van der Waals surface area contributed by atoms with Crippen LogP contribution in [0.3, 0.4) is 0 Å². The number of aliphatic hydroxyl groups excluding tert-OH is 1. The van der Waals surface area contributed by atoms with Crippen molar-refractivity contribution in [1.82, 2.24) is 0 Å². The highest BCUT2D eigenvalue weighted by atomic mass is 16.5. The summed E-state index contributed by atoms with van der Waals surface area (Å²) >= 11 is 0. The van der Waals surface area contributed by atoms with Crippen LogP contribution in [0.5, 0.6) is 0 Å². The van der Waals surface area contributed by atoms with Gasteiger partial charge in [0.05, 0.1) is 17.8 Å². The second-order valence-electron chi connectivity index (χ2n) is 11.4. The first-order chi connectivity index (χ1) is 15.1. The molecular weight excluding hydrogens is 412 g/mol. The van der Waals surface area contributed by atoms with Crippen LogP contribution in [0.1, 0.15) is 71.6 Å². The fourth-order valence-electron chi connectivity index (χ4n) is 8.83. The minimum Gasteiger partial charge on any atom is -0.462 e. The fourth-order valence-corrected chi connectivity index (χ4v) is 8.83. The number of carbonyl (C=O) groups excluding carboxylic acids is 2. The van der Waals surface area contributed by atoms with Crippen molar-refractivity contribution in [2.75, 3.05) is 13.2 Å². The number of ether oxygens (including phenoxy) is 2. The van der Waals surface area contributed by atoms with Crippen LogP contribution in [0.15, 0.2) is 11.6 Å². The second kappa shape index (κ2) is 7.28. The standard InChI is InChI=1S/C25H36O7/c1-15(27)32-17-3-8-23(14-26)19-4-7-22(2)18(16-11-21(28)31-13-16)6-10-25(22,30)20(19)5-9-24(23,29)12-17/h11,17-20,26,29-30H,3-10,12-14H2,1-2H3/t17-,18+,19-,20+,22-,23+,24-,25+/m1/s1. The van der Waals surface area contributed by atoms with Crippen LogP contribution in [0, 0.1) is 28.6 Å². The Balaban J connectivity index is 1.46. The fraction of sp³-hybridized carbons (Fsp3) is 0.840. The van der Waals surface area contributed by atoms with Crippen LogP contribution in [-0.2, 0) is 19.1 Å². The molecule has 32 heavy (non-hydrogen) atoms. The van der Waals surface area contributed by atoms with Gasteiger partial charge in [-0.05, 0) is 74.7 Å². The number of carbonyl (C=O) groups is 2. The third-order valence-corrected chi connectivity index (χ3v) is 10.4. The lowest BCUT2D eigenvalue weighted by molar-refractivity contribution is -0.270. The molecule has 0 amide bonds. The van der Waals surface area contributed by atoms with E-state index in [-0.39, 0.29) is 47.8 Å². The van der Waals surface area contributed by atoms with Gasteiger partial charge in [-0.1, -0.05) is 6.92 Å². The van der Waals surface area contributed by atoms with Gasteiger partial charge in [-0.3, -0.25) is 4.79 Å². The van der Waals surface area contributed by atoms with Crippen molar-refractivity contribution >= 4 is 11.9 Å². The lowest BCUT2D eigenvalue weighted by Gasteiger charge is -2.66. The lowest BCUT2D eigenvalue weighted by atomic mass is 9.41. The van der Waals surface area contributed by atoms with Gasteiger partial charge >= 0.3 is 11.9 Å². The highest BCUT2D eigenvalue weighted by molar-refractivity contribution is 5.85. The van der Waals surface area contributed by atoms with Gasteiger partial charge < -0.3 is 24.8 Å². The maximum absolute atomic E-state index is 12.2. The third kappa shape index (κ3) is 2.83. The molecule has 0 saturated heterocycles. The Bertz CT molecular complexity index is 853. The summed E-state index contributed by atoms with van der Waals surface area (Å²) in [7, 11) is 0. The second-order valence-corrected chi connectivity index (χ2v) is 11.4. The van der Waals surface area contributed by atoms with Gasteiger partial charge in [0, 0.05) is 30.3 Å². The molecule has 7 nitrogen and oxygen atoms in total. The molecule has 0 unspecified atom stereocenters. The zero-order valence-electron chi connectivity index (χ0n) is 19.1. The molecule has 0 radical (unpaired) electrons. The van der Waals surface area contributed by atoms with Crippen LogP contribution in [-0.4, -0.2) is 57.8 Å². The molecule has 4 fully saturated rings. The first-order valence-electron chi connectivity index (χ1n) is 12.2. The maximum Gasteiger partial charge on any atom is 0.331 e. The molecule has 1 aliphatic heterocycles. The van der Waals surface area contributed by atoms with E-state index in [1.54, 1.807) is 6.08 Å². The molecular formula is C25H36O7. The Morgan fingerprint density at radius 1 is 1.12 bits per heavy atom. The van der Waals surface area contributed by atoms with Crippen molar-refractivity contribution in [3.05, 3.63) is 11.6 Å². The quantitative estimate of drug-likeness (QED) is 0.568. The molecule has 5 aliphatic rings. The van der Waals surface area contributed by atoms with Crippen molar-refractivity contribution < 1.29 is 34.4 Å². The van der Waals surface area contributed by atoms with Gasteiger partial charge in [0.15, 0.2) is 0 Å². The summed E-state index contributed by atoms with van der Waals surface area (Å²) in [6.45, 7) is 3.75. The first-order valence-corrected chi connectivity index (χ1v) is 12.2. The van der Waals surface area contributed by atoms with Crippen molar-refractivity contribution in [2.45, 2.75) is 88.9 Å². The predicted molar refractivity (Wildman–Crippen MR) is 114 cm³/mol. The van der Waals surface area contributed by atoms with Crippen LogP contribution in [0.4, 0.5) is 0 Å². The summed E-state index contributed by atoms with van der Waals surface area (Å²) in [5.74, 6) is -0.517. The molecule has 0 spiro atoms. The Morgan fingerprint density at radius 2 is 1.88 bits per heavy atom. The van der Waals surface area contributed by atoms with E-state index in [2.05, 4.69) is 6.92 Å². The number of rotatable bonds is 3. The molecule has 0 aromatic carbocycles. The summed E-state index contributed by atoms with van der Waals surface area (Å²) in [5.41, 5.74) is -2.04. The van der Waals surface area contributed by atoms with E-state index in [4.69, 9.17) is 9.47 Å². The van der Waals surface area contributed by atoms with E-state index in [1.807, 2.05) is 0 Å². The van der Waals surface area contributed by atoms with E-state index in [1.165, 1.54) is 6.92 Å². The molecule has 4 saturated carbocycles. The molecule has 0 bridgehead atoms. The van der Waals surface area contributed by atoms with E-state index >= 15 is 0 Å². The molecule has 5 rings (SSSR count). The van der Waals surface area contributed by atoms with E-state index in [0.29, 0.717) is 45.1 Å². The molecule has 3 N–H and O–H groups in total. The average Bonchev–Trinajstić information content (AvgIpc) is 3.27. The number of cyclic esters (lactones) is 1. The molecule has 1 heterocycles. The Hall–Kier alpha value is -1.44. The Morgan fingerprint density at radius 3 is 2.53 bits per heavy atom. The predicted octanol–water partition coefficient (Wildman–Crippen LogP) is 2.26. The van der Waals surface area contributed by atoms with E-state index in [9.17, 15) is 24.9 Å². The maximum atomic E-state index is 12.2. The monoisotopic (exact) mass is 448 g/mol. The van der Waals surface area contributed by atoms with Crippen LogP contribution in [0.25, 0.3) is 0 Å². The summed E-state index contributed by atoms with van der Waals surface area (Å²) in [4.78, 5) is 23.2. The number of aliphatic hydroxyl groups is 3. The summed E-state index contributed by atoms with van der Waals surface area (Å²) in [6.07, 6.45) is 7.10. The summed E-state index contributed by atoms with van der Waals surface area (Å²) in [6, 6.07) is 0. The van der Waals surface area contributed by atoms with Crippen LogP contribution in [0.2, 0.25) is 0 Å². The van der Waals surface area contributed by atoms with Crippen molar-refractivity contribution in [2.24, 2.45) is 28.6 Å². The normalized spacial score (nSPS) is 50.0. The minimum absolute atomic E-state index is 0.0109. The first kappa shape index (κ1) is 22.4. The number of hydrogen-bond acceptors (Lipinski definition) is 7. The number of hydrogen-bond donors (Lipinski definition) is 3. The van der Waals surface area contributed by atoms with Crippen molar-refractivity contribution in [3.63, 3.8) is 0 Å². The smallest absolute Gasteiger partial charge is 0.331 e. The highest BCUT2D eigenvalue weighted by Crippen LogP contribution is 2.70. The molecule has 8 atom stereocenters. The van der Waals surface area contributed by atoms with Gasteiger partial charge in [0.2, 0.25) is 0 Å². The van der Waals surface area contributed by atoms with Crippen molar-refractivity contribution in [3.8, 4) is 0 Å². The van der Waals surface area contributed by atoms with Gasteiger partial charge in [-0.15, -0.1) is 0 Å². The zero-order chi connectivity index (χ0) is 22.9. The van der Waals surface area contributed by atoms with Gasteiger partial charge in [-0.2, -0.15) is 0 Å². The average molecular weight is 449 g/mol. The largest absolute Gasteiger partial charge is 0.462 e. The lowest BCUT2D eigenvalue weighted by Crippen LogP contribution is -2.69. The van der Waals surface area contributed by atoms with Crippen molar-refractivity contribution in [1.29, 1.82) is 0 Å². The van der Waals surface area contributed by atoms with E-state index < -0.39 is 16.6 Å². The van der Waals surface area contributed by atoms with Gasteiger partial charge in [-0.25, -0.2) is 4.79 Å². The zero-order valence-corrected chi connectivity index (χ0v) is 19.1. The summed E-state index contributed by atoms with van der Waals surface area (Å²) < 4.78 is 10.6. The molecule has 0 aromatic rings. The Labute approximate surface area is 189 Å². The molecule has 0 aromatic heterocycles. The minimum atomic E-state index is -1.10.